The van der Waals surface area contributed by atoms with Crippen LogP contribution in [0.3, 0.4) is 0 Å². The van der Waals surface area contributed by atoms with E-state index in [-0.39, 0.29) is 0 Å². The lowest BCUT2D eigenvalue weighted by atomic mass is 10.2. The van der Waals surface area contributed by atoms with Gasteiger partial charge in [-0.15, -0.1) is 0 Å². The Morgan fingerprint density at radius 2 is 1.56 bits per heavy atom. The highest BCUT2D eigenvalue weighted by atomic mass is 28.4. The Kier molecular flexibility index (Phi) is 5.93. The summed E-state index contributed by atoms with van der Waals surface area (Å²) in [7, 11) is -2.73. The van der Waals surface area contributed by atoms with Crippen LogP contribution in [0.15, 0.2) is 0 Å². The van der Waals surface area contributed by atoms with Gasteiger partial charge in [0.15, 0.2) is 8.32 Å². The van der Waals surface area contributed by atoms with Crippen LogP contribution in [0, 0.1) is 0 Å². The van der Waals surface area contributed by atoms with Crippen LogP contribution >= 0.6 is 0 Å². The molecule has 0 rings (SSSR count). The number of hydrogen-bond acceptors (Lipinski definition) is 2. The number of hydrogen-bond donors (Lipinski definition) is 1. The van der Waals surface area contributed by atoms with Crippen molar-refractivity contribution in [3.05, 3.63) is 0 Å². The average Bonchev–Trinajstić information content (AvgIpc) is 2.10. The molecule has 0 atom stereocenters. The van der Waals surface area contributed by atoms with Crippen LogP contribution in [0.1, 0.15) is 27.2 Å². The summed E-state index contributed by atoms with van der Waals surface area (Å²) in [6.45, 7) is 17.3. The van der Waals surface area contributed by atoms with E-state index in [0.717, 1.165) is 19.2 Å². The van der Waals surface area contributed by atoms with Gasteiger partial charge in [0.05, 0.1) is 8.07 Å². The summed E-state index contributed by atoms with van der Waals surface area (Å²) in [5.74, 6) is 0. The second-order valence-electron chi connectivity index (χ2n) is 7.07. The van der Waals surface area contributed by atoms with E-state index >= 15 is 0 Å². The molecule has 0 bridgehead atoms. The van der Waals surface area contributed by atoms with Crippen molar-refractivity contribution in [1.82, 2.24) is 0 Å². The summed E-state index contributed by atoms with van der Waals surface area (Å²) in [6, 6.07) is 1.19. The Morgan fingerprint density at radius 1 is 1.06 bits per heavy atom. The number of rotatable bonds is 6. The third-order valence-electron chi connectivity index (χ3n) is 3.84. The van der Waals surface area contributed by atoms with Crippen molar-refractivity contribution in [2.24, 2.45) is 5.73 Å². The molecule has 0 aliphatic heterocycles. The van der Waals surface area contributed by atoms with Crippen molar-refractivity contribution >= 4 is 16.4 Å². The van der Waals surface area contributed by atoms with E-state index in [1.54, 1.807) is 0 Å². The monoisotopic (exact) mass is 261 g/mol. The maximum Gasteiger partial charge on any atom is 0.186 e. The molecule has 98 valence electrons. The van der Waals surface area contributed by atoms with Crippen molar-refractivity contribution in [2.75, 3.05) is 12.8 Å². The first-order valence-electron chi connectivity index (χ1n) is 6.36. The molecule has 16 heavy (non-hydrogen) atoms. The van der Waals surface area contributed by atoms with Gasteiger partial charge in [-0.2, -0.15) is 0 Å². The van der Waals surface area contributed by atoms with E-state index in [9.17, 15) is 0 Å². The standard InChI is InChI=1S/C12H31NOSi2/c1-12(2,3)15(4,5)11-14-16(6,7)10-8-9-13/h8-11,13H2,1-7H3. The lowest BCUT2D eigenvalue weighted by Gasteiger charge is -2.39. The highest BCUT2D eigenvalue weighted by Crippen LogP contribution is 2.36. The smallest absolute Gasteiger partial charge is 0.186 e. The highest BCUT2D eigenvalue weighted by molar-refractivity contribution is 6.81. The minimum Gasteiger partial charge on any atom is -0.421 e. The van der Waals surface area contributed by atoms with Crippen LogP contribution < -0.4 is 5.73 Å². The number of nitrogens with two attached hydrogens (primary N) is 1. The molecule has 0 saturated carbocycles. The molecule has 0 fully saturated rings. The van der Waals surface area contributed by atoms with E-state index in [0.29, 0.717) is 5.04 Å². The SMILES string of the molecule is CC(C)(C)[Si](C)(C)CO[Si](C)(C)CCCN. The van der Waals surface area contributed by atoms with Crippen LogP contribution in [-0.4, -0.2) is 29.2 Å². The van der Waals surface area contributed by atoms with Crippen molar-refractivity contribution in [3.8, 4) is 0 Å². The second kappa shape index (κ2) is 5.80. The second-order valence-corrected chi connectivity index (χ2v) is 16.9. The van der Waals surface area contributed by atoms with Gasteiger partial charge in [-0.1, -0.05) is 33.9 Å². The fourth-order valence-electron chi connectivity index (χ4n) is 1.19. The molecule has 0 aromatic heterocycles. The maximum atomic E-state index is 6.27. The van der Waals surface area contributed by atoms with E-state index in [2.05, 4.69) is 47.0 Å². The first-order chi connectivity index (χ1) is 7.02. The molecular weight excluding hydrogens is 230 g/mol. The van der Waals surface area contributed by atoms with Gasteiger partial charge in [-0.3, -0.25) is 0 Å². The summed E-state index contributed by atoms with van der Waals surface area (Å²) in [4.78, 5) is 0. The molecule has 0 radical (unpaired) electrons. The molecule has 0 unspecified atom stereocenters. The molecule has 0 saturated heterocycles. The Labute approximate surface area is 104 Å². The van der Waals surface area contributed by atoms with Gasteiger partial charge < -0.3 is 10.2 Å². The van der Waals surface area contributed by atoms with Gasteiger partial charge in [-0.25, -0.2) is 0 Å². The highest BCUT2D eigenvalue weighted by Gasteiger charge is 2.37. The van der Waals surface area contributed by atoms with Crippen LogP contribution in [0.2, 0.25) is 37.3 Å². The summed E-state index contributed by atoms with van der Waals surface area (Å²) in [5.41, 5.74) is 5.56. The minimum absolute atomic E-state index is 0.422. The molecule has 4 heteroatoms. The van der Waals surface area contributed by atoms with Crippen molar-refractivity contribution < 1.29 is 4.43 Å². The molecule has 0 amide bonds. The predicted molar refractivity (Wildman–Crippen MR) is 79.1 cm³/mol. The fraction of sp³-hybridized carbons (Fsp3) is 1.00. The summed E-state index contributed by atoms with van der Waals surface area (Å²) in [6.07, 6.45) is 2.11. The molecule has 2 nitrogen and oxygen atoms in total. The van der Waals surface area contributed by atoms with Crippen LogP contribution in [0.4, 0.5) is 0 Å². The Morgan fingerprint density at radius 3 is 1.94 bits per heavy atom. The van der Waals surface area contributed by atoms with Gasteiger partial charge in [0, 0.05) is 6.23 Å². The minimum atomic E-state index is -1.46. The Bertz CT molecular complexity index is 210. The van der Waals surface area contributed by atoms with Crippen molar-refractivity contribution in [1.29, 1.82) is 0 Å². The van der Waals surface area contributed by atoms with Crippen LogP contribution in [0.25, 0.3) is 0 Å². The van der Waals surface area contributed by atoms with Gasteiger partial charge in [-0.05, 0) is 37.1 Å². The fourth-order valence-corrected chi connectivity index (χ4v) is 5.83. The molecule has 0 heterocycles. The molecule has 0 aromatic carbocycles. The van der Waals surface area contributed by atoms with E-state index < -0.39 is 16.4 Å². The van der Waals surface area contributed by atoms with Crippen molar-refractivity contribution in [3.63, 3.8) is 0 Å². The molecule has 0 aliphatic rings. The first-order valence-corrected chi connectivity index (χ1v) is 12.7. The van der Waals surface area contributed by atoms with E-state index in [4.69, 9.17) is 10.2 Å². The van der Waals surface area contributed by atoms with Crippen molar-refractivity contribution in [2.45, 2.75) is 64.5 Å². The lowest BCUT2D eigenvalue weighted by molar-refractivity contribution is 0.358. The maximum absolute atomic E-state index is 6.27. The molecule has 0 aliphatic carbocycles. The topological polar surface area (TPSA) is 35.2 Å². The zero-order valence-electron chi connectivity index (χ0n) is 12.3. The summed E-state index contributed by atoms with van der Waals surface area (Å²) in [5, 5.41) is 0.422. The zero-order valence-corrected chi connectivity index (χ0v) is 14.3. The predicted octanol–water partition coefficient (Wildman–Crippen LogP) is 3.60. The molecule has 0 spiro atoms. The Hall–Kier alpha value is 0.354. The average molecular weight is 262 g/mol. The van der Waals surface area contributed by atoms with Gasteiger partial charge in [0.1, 0.15) is 0 Å². The zero-order chi connectivity index (χ0) is 13.0. The molecule has 2 N–H and O–H groups in total. The largest absolute Gasteiger partial charge is 0.421 e. The Balaban J connectivity index is 4.23. The molecular formula is C12H31NOSi2. The normalized spacial score (nSPS) is 14.2. The van der Waals surface area contributed by atoms with E-state index in [1.165, 1.54) is 6.04 Å². The lowest BCUT2D eigenvalue weighted by Crippen LogP contribution is -2.46. The first kappa shape index (κ1) is 16.4. The summed E-state index contributed by atoms with van der Waals surface area (Å²) < 4.78 is 6.27. The molecule has 0 aromatic rings. The third kappa shape index (κ3) is 5.61. The van der Waals surface area contributed by atoms with Crippen LogP contribution in [0.5, 0.6) is 0 Å². The van der Waals surface area contributed by atoms with Crippen LogP contribution in [-0.2, 0) is 4.43 Å². The van der Waals surface area contributed by atoms with E-state index in [1.807, 2.05) is 0 Å². The summed E-state index contributed by atoms with van der Waals surface area (Å²) >= 11 is 0. The third-order valence-corrected chi connectivity index (χ3v) is 11.5. The van der Waals surface area contributed by atoms with Gasteiger partial charge >= 0.3 is 0 Å². The quantitative estimate of drug-likeness (QED) is 0.742. The van der Waals surface area contributed by atoms with Gasteiger partial charge in [0.2, 0.25) is 0 Å². The van der Waals surface area contributed by atoms with Gasteiger partial charge in [0.25, 0.3) is 0 Å².